The number of nitrogens with one attached hydrogen (secondary N) is 1. The normalized spacial score (nSPS) is 14.9. The maximum Gasteiger partial charge on any atom is 0.321 e. The fourth-order valence-corrected chi connectivity index (χ4v) is 5.77. The van der Waals surface area contributed by atoms with Crippen LogP contribution in [0.5, 0.6) is 0 Å². The molecule has 0 saturated carbocycles. The second-order valence-electron chi connectivity index (χ2n) is 8.54. The molecule has 2 aromatic carbocycles. The van der Waals surface area contributed by atoms with Gasteiger partial charge in [0.2, 0.25) is 0 Å². The van der Waals surface area contributed by atoms with Crippen LogP contribution in [0.3, 0.4) is 0 Å². The van der Waals surface area contributed by atoms with E-state index in [1.165, 1.54) is 42.6 Å². The van der Waals surface area contributed by atoms with Gasteiger partial charge in [-0.05, 0) is 76.0 Å². The summed E-state index contributed by atoms with van der Waals surface area (Å²) in [6.45, 7) is 3.43. The number of carbonyl (C=O) groups is 2. The first kappa shape index (κ1) is 23.2. The maximum absolute atomic E-state index is 13.4. The molecule has 0 aliphatic carbocycles. The highest BCUT2D eigenvalue weighted by atomic mass is 79.9. The number of anilines is 2. The minimum Gasteiger partial charge on any atom is -0.323 e. The summed E-state index contributed by atoms with van der Waals surface area (Å²) < 4.78 is 0.704. The van der Waals surface area contributed by atoms with Gasteiger partial charge in [0.1, 0.15) is 0 Å². The van der Waals surface area contributed by atoms with Crippen molar-refractivity contribution in [2.24, 2.45) is 0 Å². The molecule has 0 spiro atoms. The Morgan fingerprint density at radius 2 is 1.94 bits per heavy atom. The molecular formula is C25H30BrN3O2S. The molecule has 2 aliphatic heterocycles. The lowest BCUT2D eigenvalue weighted by atomic mass is 10.1. The van der Waals surface area contributed by atoms with Crippen LogP contribution in [0, 0.1) is 0 Å². The first-order valence-electron chi connectivity index (χ1n) is 11.4. The molecule has 1 N–H and O–H groups in total. The van der Waals surface area contributed by atoms with Gasteiger partial charge in [0.15, 0.2) is 0 Å². The molecule has 32 heavy (non-hydrogen) atoms. The van der Waals surface area contributed by atoms with Crippen molar-refractivity contribution in [2.45, 2.75) is 56.9 Å². The zero-order chi connectivity index (χ0) is 22.7. The van der Waals surface area contributed by atoms with Gasteiger partial charge in [0.05, 0.1) is 5.56 Å². The second kappa shape index (κ2) is 10.3. The number of hydrogen-bond donors (Lipinski definition) is 1. The van der Waals surface area contributed by atoms with Crippen LogP contribution in [-0.2, 0) is 13.0 Å². The lowest BCUT2D eigenvalue weighted by molar-refractivity contribution is 0.0988. The molecule has 0 bridgehead atoms. The fraction of sp³-hybridized carbons (Fsp3) is 0.440. The van der Waals surface area contributed by atoms with E-state index in [1.807, 2.05) is 28.8 Å². The summed E-state index contributed by atoms with van der Waals surface area (Å²) in [5.74, 6) is 1.15. The van der Waals surface area contributed by atoms with Crippen LogP contribution in [0.4, 0.5) is 16.2 Å². The van der Waals surface area contributed by atoms with E-state index in [2.05, 4.69) is 46.4 Å². The lowest BCUT2D eigenvalue weighted by Crippen LogP contribution is -2.36. The number of carbonyl (C=O) groups excluding carboxylic acids is 2. The van der Waals surface area contributed by atoms with E-state index in [0.717, 1.165) is 29.1 Å². The minimum atomic E-state index is -0.133. The molecule has 0 fully saturated rings. The van der Waals surface area contributed by atoms with Crippen LogP contribution in [-0.4, -0.2) is 36.2 Å². The average molecular weight is 517 g/mol. The summed E-state index contributed by atoms with van der Waals surface area (Å²) in [5, 5.41) is 2.87. The quantitative estimate of drug-likeness (QED) is 0.314. The lowest BCUT2D eigenvalue weighted by Gasteiger charge is -2.27. The van der Waals surface area contributed by atoms with Crippen LogP contribution < -0.4 is 10.2 Å². The largest absolute Gasteiger partial charge is 0.323 e. The molecule has 0 saturated heterocycles. The highest BCUT2D eigenvalue weighted by molar-refractivity contribution is 9.10. The van der Waals surface area contributed by atoms with Crippen LogP contribution in [0.2, 0.25) is 0 Å². The molecule has 4 rings (SSSR count). The van der Waals surface area contributed by atoms with Crippen molar-refractivity contribution < 1.29 is 9.59 Å². The predicted molar refractivity (Wildman–Crippen MR) is 136 cm³/mol. The number of fused-ring (bicyclic) bond motifs is 2. The summed E-state index contributed by atoms with van der Waals surface area (Å²) in [4.78, 5) is 30.1. The van der Waals surface area contributed by atoms with E-state index < -0.39 is 0 Å². The van der Waals surface area contributed by atoms with Crippen molar-refractivity contribution >= 4 is 51.0 Å². The molecular weight excluding hydrogens is 486 g/mol. The van der Waals surface area contributed by atoms with Gasteiger partial charge in [-0.15, -0.1) is 11.8 Å². The first-order valence-corrected chi connectivity index (χ1v) is 13.2. The number of thioether (sulfide) groups is 1. The first-order chi connectivity index (χ1) is 15.5. The summed E-state index contributed by atoms with van der Waals surface area (Å²) in [7, 11) is 1.75. The third-order valence-corrected chi connectivity index (χ3v) is 7.86. The van der Waals surface area contributed by atoms with Gasteiger partial charge >= 0.3 is 6.03 Å². The molecule has 5 nitrogen and oxygen atoms in total. The standard InChI is InChI=1S/C25H30BrN3O2S/c1-3-4-5-6-7-12-32-19-8-9-23-17(13-19)10-11-29(23)24(30)20-14-18-16-28(2)25(31)27-22(18)15-21(20)26/h8-9,13-15H,3-7,10-12,16H2,1-2H3,(H,27,31). The fourth-order valence-electron chi connectivity index (χ4n) is 4.29. The third kappa shape index (κ3) is 4.99. The molecule has 0 aromatic heterocycles. The van der Waals surface area contributed by atoms with Gasteiger partial charge in [-0.25, -0.2) is 4.79 Å². The summed E-state index contributed by atoms with van der Waals surface area (Å²) in [6, 6.07) is 10.1. The molecule has 170 valence electrons. The number of amides is 3. The van der Waals surface area contributed by atoms with E-state index in [-0.39, 0.29) is 11.9 Å². The highest BCUT2D eigenvalue weighted by Gasteiger charge is 2.29. The van der Waals surface area contributed by atoms with Crippen LogP contribution in [0.1, 0.15) is 60.5 Å². The van der Waals surface area contributed by atoms with Gasteiger partial charge in [0, 0.05) is 40.9 Å². The molecule has 0 unspecified atom stereocenters. The Hall–Kier alpha value is -1.99. The summed E-state index contributed by atoms with van der Waals surface area (Å²) >= 11 is 5.46. The zero-order valence-corrected chi connectivity index (χ0v) is 21.2. The number of unbranched alkanes of at least 4 members (excludes halogenated alkanes) is 4. The molecule has 0 atom stereocenters. The van der Waals surface area contributed by atoms with E-state index in [9.17, 15) is 9.59 Å². The van der Waals surface area contributed by atoms with E-state index >= 15 is 0 Å². The monoisotopic (exact) mass is 515 g/mol. The second-order valence-corrected chi connectivity index (χ2v) is 10.6. The Balaban J connectivity index is 1.45. The smallest absolute Gasteiger partial charge is 0.321 e. The van der Waals surface area contributed by atoms with Crippen molar-refractivity contribution in [1.82, 2.24) is 4.90 Å². The van der Waals surface area contributed by atoms with Gasteiger partial charge in [-0.2, -0.15) is 0 Å². The molecule has 2 heterocycles. The van der Waals surface area contributed by atoms with Crippen molar-refractivity contribution in [3.05, 3.63) is 51.5 Å². The number of hydrogen-bond acceptors (Lipinski definition) is 3. The molecule has 2 aromatic rings. The molecule has 3 amide bonds. The summed E-state index contributed by atoms with van der Waals surface area (Å²) in [6.07, 6.45) is 7.39. The molecule has 0 radical (unpaired) electrons. The Kier molecular flexibility index (Phi) is 7.46. The maximum atomic E-state index is 13.4. The Morgan fingerprint density at radius 3 is 2.75 bits per heavy atom. The third-order valence-electron chi connectivity index (χ3n) is 6.13. The Morgan fingerprint density at radius 1 is 1.12 bits per heavy atom. The number of halogens is 1. The number of nitrogens with zero attached hydrogens (tertiary/aromatic N) is 2. The zero-order valence-electron chi connectivity index (χ0n) is 18.7. The van der Waals surface area contributed by atoms with Crippen molar-refractivity contribution in [2.75, 3.05) is 29.6 Å². The van der Waals surface area contributed by atoms with Gasteiger partial charge < -0.3 is 15.1 Å². The van der Waals surface area contributed by atoms with Crippen LogP contribution in [0.15, 0.2) is 39.7 Å². The van der Waals surface area contributed by atoms with Crippen molar-refractivity contribution in [3.8, 4) is 0 Å². The van der Waals surface area contributed by atoms with E-state index in [0.29, 0.717) is 23.1 Å². The predicted octanol–water partition coefficient (Wildman–Crippen LogP) is 6.69. The van der Waals surface area contributed by atoms with E-state index in [4.69, 9.17) is 0 Å². The number of benzene rings is 2. The topological polar surface area (TPSA) is 52.7 Å². The Bertz CT molecular complexity index is 1030. The number of urea groups is 1. The van der Waals surface area contributed by atoms with Crippen molar-refractivity contribution in [3.63, 3.8) is 0 Å². The molecule has 7 heteroatoms. The average Bonchev–Trinajstić information content (AvgIpc) is 3.20. The summed E-state index contributed by atoms with van der Waals surface area (Å²) in [5.41, 5.74) is 4.60. The van der Waals surface area contributed by atoms with Gasteiger partial charge in [-0.3, -0.25) is 4.79 Å². The van der Waals surface area contributed by atoms with Crippen LogP contribution in [0.25, 0.3) is 0 Å². The Labute approximate surface area is 203 Å². The van der Waals surface area contributed by atoms with Crippen LogP contribution >= 0.6 is 27.7 Å². The minimum absolute atomic E-state index is 0.00527. The van der Waals surface area contributed by atoms with E-state index in [1.54, 1.807) is 11.9 Å². The number of rotatable bonds is 8. The highest BCUT2D eigenvalue weighted by Crippen LogP contribution is 2.36. The van der Waals surface area contributed by atoms with Crippen molar-refractivity contribution in [1.29, 1.82) is 0 Å². The van der Waals surface area contributed by atoms with Gasteiger partial charge in [-0.1, -0.05) is 32.6 Å². The molecule has 2 aliphatic rings. The SMILES string of the molecule is CCCCCCCSc1ccc2c(c1)CCN2C(=O)c1cc2c(cc1Br)NC(=O)N(C)C2. The van der Waals surface area contributed by atoms with Gasteiger partial charge in [0.25, 0.3) is 5.91 Å².